The van der Waals surface area contributed by atoms with E-state index in [0.29, 0.717) is 12.2 Å². The molecule has 1 aliphatic rings. The van der Waals surface area contributed by atoms with Crippen LogP contribution < -0.4 is 15.4 Å². The number of aromatic amines is 1. The zero-order valence-corrected chi connectivity index (χ0v) is 20.9. The monoisotopic (exact) mass is 497 g/mol. The second kappa shape index (κ2) is 10.4. The van der Waals surface area contributed by atoms with Crippen molar-refractivity contribution in [3.8, 4) is 5.75 Å². The molecule has 0 spiro atoms. The molecule has 1 aromatic heterocycles. The standard InChI is InChI=1S/C26H32FN5O4/c1-26(2,3)36-25(34)32-14-18(27)22(15-32)31-24(33)30-21(13-16-9-11-17(35-4)12-10-16)23-28-19-7-5-6-8-20(19)29-23/h5-12,18,21-22H,13-15H2,1-4H3,(H,28,29)(H2,30,31,33)/t18?,21-,22?/m1/s1. The first-order chi connectivity index (χ1) is 17.1. The molecule has 3 atom stereocenters. The van der Waals surface area contributed by atoms with Crippen LogP contribution in [0.3, 0.4) is 0 Å². The van der Waals surface area contributed by atoms with Crippen molar-refractivity contribution in [2.24, 2.45) is 0 Å². The molecular weight excluding hydrogens is 465 g/mol. The van der Waals surface area contributed by atoms with Crippen LogP contribution in [0.1, 0.15) is 38.2 Å². The van der Waals surface area contributed by atoms with Crippen LogP contribution in [0.4, 0.5) is 14.0 Å². The van der Waals surface area contributed by atoms with Gasteiger partial charge in [0.1, 0.15) is 23.3 Å². The molecule has 1 fully saturated rings. The van der Waals surface area contributed by atoms with E-state index in [4.69, 9.17) is 9.47 Å². The second-order valence-electron chi connectivity index (χ2n) is 9.87. The second-order valence-corrected chi connectivity index (χ2v) is 9.87. The smallest absolute Gasteiger partial charge is 0.410 e. The molecule has 0 saturated carbocycles. The number of nitrogens with one attached hydrogen (secondary N) is 3. The molecule has 36 heavy (non-hydrogen) atoms. The summed E-state index contributed by atoms with van der Waals surface area (Å²) in [7, 11) is 1.60. The third-order valence-corrected chi connectivity index (χ3v) is 5.86. The molecule has 0 radical (unpaired) electrons. The summed E-state index contributed by atoms with van der Waals surface area (Å²) in [6.45, 7) is 5.13. The van der Waals surface area contributed by atoms with Crippen molar-refractivity contribution in [1.82, 2.24) is 25.5 Å². The number of benzene rings is 2. The van der Waals surface area contributed by atoms with Crippen molar-refractivity contribution >= 4 is 23.2 Å². The van der Waals surface area contributed by atoms with Crippen LogP contribution in [0.5, 0.6) is 5.75 Å². The number of urea groups is 1. The van der Waals surface area contributed by atoms with Gasteiger partial charge in [-0.2, -0.15) is 0 Å². The first-order valence-electron chi connectivity index (χ1n) is 11.9. The Morgan fingerprint density at radius 1 is 1.17 bits per heavy atom. The van der Waals surface area contributed by atoms with Crippen LogP contribution in [0.15, 0.2) is 48.5 Å². The van der Waals surface area contributed by atoms with Crippen molar-refractivity contribution in [3.05, 3.63) is 59.9 Å². The first-order valence-corrected chi connectivity index (χ1v) is 11.9. The third-order valence-electron chi connectivity index (χ3n) is 5.86. The van der Waals surface area contributed by atoms with Crippen molar-refractivity contribution in [3.63, 3.8) is 0 Å². The van der Waals surface area contributed by atoms with Gasteiger partial charge in [0.25, 0.3) is 0 Å². The fraction of sp³-hybridized carbons (Fsp3) is 0.423. The van der Waals surface area contributed by atoms with Crippen LogP contribution in [-0.4, -0.2) is 65.0 Å². The highest BCUT2D eigenvalue weighted by Crippen LogP contribution is 2.22. The van der Waals surface area contributed by atoms with Crippen LogP contribution in [0.25, 0.3) is 11.0 Å². The minimum absolute atomic E-state index is 0.0251. The number of amides is 3. The largest absolute Gasteiger partial charge is 0.497 e. The summed E-state index contributed by atoms with van der Waals surface area (Å²) in [5.41, 5.74) is 1.90. The van der Waals surface area contributed by atoms with Crippen molar-refractivity contribution in [2.75, 3.05) is 20.2 Å². The number of para-hydroxylation sites is 2. The molecule has 3 amide bonds. The molecule has 0 bridgehead atoms. The molecule has 2 aromatic carbocycles. The van der Waals surface area contributed by atoms with Crippen LogP contribution in [0.2, 0.25) is 0 Å². The van der Waals surface area contributed by atoms with Gasteiger partial charge in [-0.15, -0.1) is 0 Å². The lowest BCUT2D eigenvalue weighted by Crippen LogP contribution is -2.48. The number of hydrogen-bond donors (Lipinski definition) is 3. The minimum Gasteiger partial charge on any atom is -0.497 e. The van der Waals surface area contributed by atoms with E-state index >= 15 is 0 Å². The van der Waals surface area contributed by atoms with Crippen LogP contribution in [0, 0.1) is 0 Å². The number of alkyl halides is 1. The molecule has 2 unspecified atom stereocenters. The Morgan fingerprint density at radius 2 is 1.89 bits per heavy atom. The average Bonchev–Trinajstić information content (AvgIpc) is 3.42. The van der Waals surface area contributed by atoms with Gasteiger partial charge in [0.2, 0.25) is 0 Å². The van der Waals surface area contributed by atoms with Crippen molar-refractivity contribution in [2.45, 2.75) is 51.0 Å². The molecule has 1 saturated heterocycles. The molecule has 1 aliphatic heterocycles. The van der Waals surface area contributed by atoms with E-state index in [1.807, 2.05) is 48.5 Å². The van der Waals surface area contributed by atoms with Gasteiger partial charge >= 0.3 is 12.1 Å². The Kier molecular flexibility index (Phi) is 7.32. The molecule has 10 heteroatoms. The molecule has 0 aliphatic carbocycles. The maximum atomic E-state index is 14.7. The Balaban J connectivity index is 1.46. The minimum atomic E-state index is -1.41. The number of likely N-dealkylation sites (tertiary alicyclic amines) is 1. The topological polar surface area (TPSA) is 109 Å². The summed E-state index contributed by atoms with van der Waals surface area (Å²) in [5.74, 6) is 1.32. The summed E-state index contributed by atoms with van der Waals surface area (Å²) < 4.78 is 25.2. The van der Waals surface area contributed by atoms with E-state index < -0.39 is 36.0 Å². The highest BCUT2D eigenvalue weighted by molar-refractivity contribution is 5.77. The SMILES string of the molecule is COc1ccc(C[C@@H](NC(=O)NC2CN(C(=O)OC(C)(C)C)CC2F)c2nc3ccccc3[nH]2)cc1. The number of ether oxygens (including phenoxy) is 2. The fourth-order valence-corrected chi connectivity index (χ4v) is 4.09. The molecule has 9 nitrogen and oxygen atoms in total. The number of nitrogens with zero attached hydrogens (tertiary/aromatic N) is 2. The zero-order valence-electron chi connectivity index (χ0n) is 20.9. The highest BCUT2D eigenvalue weighted by Gasteiger charge is 2.38. The normalized spacial score (nSPS) is 18.6. The van der Waals surface area contributed by atoms with Gasteiger partial charge in [-0.3, -0.25) is 0 Å². The number of methoxy groups -OCH3 is 1. The van der Waals surface area contributed by atoms with E-state index in [1.165, 1.54) is 4.90 Å². The van der Waals surface area contributed by atoms with Gasteiger partial charge in [-0.1, -0.05) is 24.3 Å². The molecule has 3 N–H and O–H groups in total. The Bertz CT molecular complexity index is 1170. The number of fused-ring (bicyclic) bond motifs is 1. The quantitative estimate of drug-likeness (QED) is 0.475. The third kappa shape index (κ3) is 6.24. The predicted molar refractivity (Wildman–Crippen MR) is 134 cm³/mol. The number of carbonyl (C=O) groups excluding carboxylic acids is 2. The lowest BCUT2D eigenvalue weighted by Gasteiger charge is -2.24. The number of H-pyrrole nitrogens is 1. The van der Waals surface area contributed by atoms with Crippen molar-refractivity contribution < 1.29 is 23.5 Å². The molecule has 192 valence electrons. The zero-order chi connectivity index (χ0) is 25.9. The van der Waals surface area contributed by atoms with Gasteiger partial charge in [0.05, 0.1) is 36.8 Å². The fourth-order valence-electron chi connectivity index (χ4n) is 4.09. The summed E-state index contributed by atoms with van der Waals surface area (Å²) in [6.07, 6.45) is -1.56. The number of aromatic nitrogens is 2. The highest BCUT2D eigenvalue weighted by atomic mass is 19.1. The van der Waals surface area contributed by atoms with Gasteiger partial charge in [-0.05, 0) is 57.0 Å². The summed E-state index contributed by atoms with van der Waals surface area (Å²) in [5, 5.41) is 5.60. The number of imidazole rings is 1. The van der Waals surface area contributed by atoms with Crippen LogP contribution >= 0.6 is 0 Å². The molecule has 3 aromatic rings. The Morgan fingerprint density at radius 3 is 2.56 bits per heavy atom. The number of rotatable bonds is 6. The van der Waals surface area contributed by atoms with E-state index in [-0.39, 0.29) is 13.1 Å². The summed E-state index contributed by atoms with van der Waals surface area (Å²) in [6, 6.07) is 13.2. The average molecular weight is 498 g/mol. The van der Waals surface area contributed by atoms with E-state index in [0.717, 1.165) is 22.3 Å². The lowest BCUT2D eigenvalue weighted by atomic mass is 10.1. The van der Waals surface area contributed by atoms with Gasteiger partial charge < -0.3 is 30.0 Å². The van der Waals surface area contributed by atoms with Crippen molar-refractivity contribution in [1.29, 1.82) is 0 Å². The summed E-state index contributed by atoms with van der Waals surface area (Å²) in [4.78, 5) is 34.5. The van der Waals surface area contributed by atoms with E-state index in [9.17, 15) is 14.0 Å². The maximum absolute atomic E-state index is 14.7. The van der Waals surface area contributed by atoms with Crippen LogP contribution in [-0.2, 0) is 11.2 Å². The molecular formula is C26H32FN5O4. The molecule has 2 heterocycles. The number of carbonyl (C=O) groups is 2. The summed E-state index contributed by atoms with van der Waals surface area (Å²) >= 11 is 0. The maximum Gasteiger partial charge on any atom is 0.410 e. The Hall–Kier alpha value is -3.82. The van der Waals surface area contributed by atoms with Gasteiger partial charge in [0, 0.05) is 6.54 Å². The van der Waals surface area contributed by atoms with Gasteiger partial charge in [0.15, 0.2) is 0 Å². The van der Waals surface area contributed by atoms with Gasteiger partial charge in [-0.25, -0.2) is 19.0 Å². The Labute approximate surface area is 209 Å². The van der Waals surface area contributed by atoms with E-state index in [1.54, 1.807) is 27.9 Å². The predicted octanol–water partition coefficient (Wildman–Crippen LogP) is 4.11. The lowest BCUT2D eigenvalue weighted by molar-refractivity contribution is 0.0282. The van der Waals surface area contributed by atoms with E-state index in [2.05, 4.69) is 20.6 Å². The number of halogens is 1. The first kappa shape index (κ1) is 25.3. The molecule has 4 rings (SSSR count). The number of hydrogen-bond acceptors (Lipinski definition) is 5.